The Balaban J connectivity index is 1.95. The first-order valence-corrected chi connectivity index (χ1v) is 7.28. The normalized spacial score (nSPS) is 18.3. The van der Waals surface area contributed by atoms with Crippen LogP contribution >= 0.6 is 0 Å². The van der Waals surface area contributed by atoms with E-state index in [0.717, 1.165) is 25.7 Å². The Hall–Kier alpha value is -1.95. The van der Waals surface area contributed by atoms with E-state index in [1.54, 1.807) is 19.4 Å². The number of rotatable bonds is 3. The van der Waals surface area contributed by atoms with Gasteiger partial charge in [-0.25, -0.2) is 0 Å². The molecule has 1 fully saturated rings. The SMILES string of the molecule is COC1(c2noc(-c3ccncc3O)n2)CCCCCC1. The van der Waals surface area contributed by atoms with E-state index in [2.05, 4.69) is 15.1 Å². The van der Waals surface area contributed by atoms with E-state index in [1.807, 2.05) is 0 Å². The zero-order chi connectivity index (χ0) is 14.7. The largest absolute Gasteiger partial charge is 0.505 e. The Morgan fingerprint density at radius 3 is 2.67 bits per heavy atom. The average Bonchev–Trinajstić information content (AvgIpc) is 2.87. The van der Waals surface area contributed by atoms with Crippen LogP contribution in [0.1, 0.15) is 44.3 Å². The van der Waals surface area contributed by atoms with Crippen LogP contribution in [-0.2, 0) is 10.3 Å². The number of pyridine rings is 1. The standard InChI is InChI=1S/C15H19N3O3/c1-20-15(7-4-2-3-5-8-15)14-17-13(21-18-14)11-6-9-16-10-12(11)19/h6,9-10,19H,2-5,7-8H2,1H3. The molecular formula is C15H19N3O3. The Kier molecular flexibility index (Phi) is 3.88. The van der Waals surface area contributed by atoms with Crippen molar-refractivity contribution in [2.75, 3.05) is 7.11 Å². The summed E-state index contributed by atoms with van der Waals surface area (Å²) in [5, 5.41) is 13.9. The van der Waals surface area contributed by atoms with E-state index in [4.69, 9.17) is 9.26 Å². The summed E-state index contributed by atoms with van der Waals surface area (Å²) >= 11 is 0. The predicted molar refractivity (Wildman–Crippen MR) is 75.6 cm³/mol. The van der Waals surface area contributed by atoms with E-state index in [1.165, 1.54) is 19.0 Å². The molecule has 0 unspecified atom stereocenters. The molecular weight excluding hydrogens is 270 g/mol. The first-order chi connectivity index (χ1) is 10.2. The number of aromatic hydroxyl groups is 1. The fourth-order valence-electron chi connectivity index (χ4n) is 2.90. The Bertz CT molecular complexity index is 604. The number of hydrogen-bond acceptors (Lipinski definition) is 6. The van der Waals surface area contributed by atoms with Crippen molar-refractivity contribution in [1.29, 1.82) is 0 Å². The highest BCUT2D eigenvalue weighted by Crippen LogP contribution is 2.38. The molecule has 2 heterocycles. The molecule has 3 rings (SSSR count). The van der Waals surface area contributed by atoms with Gasteiger partial charge >= 0.3 is 0 Å². The van der Waals surface area contributed by atoms with Gasteiger partial charge in [-0.1, -0.05) is 30.8 Å². The third-order valence-corrected chi connectivity index (χ3v) is 4.17. The van der Waals surface area contributed by atoms with Crippen molar-refractivity contribution in [1.82, 2.24) is 15.1 Å². The van der Waals surface area contributed by atoms with Gasteiger partial charge in [0.1, 0.15) is 11.4 Å². The molecule has 1 aliphatic carbocycles. The van der Waals surface area contributed by atoms with E-state index in [9.17, 15) is 5.11 Å². The highest BCUT2D eigenvalue weighted by molar-refractivity contribution is 5.60. The van der Waals surface area contributed by atoms with Crippen molar-refractivity contribution in [2.24, 2.45) is 0 Å². The Morgan fingerprint density at radius 2 is 2.00 bits per heavy atom. The van der Waals surface area contributed by atoms with Gasteiger partial charge < -0.3 is 14.4 Å². The van der Waals surface area contributed by atoms with Crippen molar-refractivity contribution in [3.8, 4) is 17.2 Å². The van der Waals surface area contributed by atoms with Crippen LogP contribution in [0.15, 0.2) is 23.0 Å². The molecule has 6 heteroatoms. The number of hydrogen-bond donors (Lipinski definition) is 1. The highest BCUT2D eigenvalue weighted by atomic mass is 16.5. The third-order valence-electron chi connectivity index (χ3n) is 4.17. The van der Waals surface area contributed by atoms with Crippen LogP contribution in [0.5, 0.6) is 5.75 Å². The van der Waals surface area contributed by atoms with Crippen LogP contribution in [0.3, 0.4) is 0 Å². The van der Waals surface area contributed by atoms with Gasteiger partial charge in [0, 0.05) is 13.3 Å². The quantitative estimate of drug-likeness (QED) is 0.875. The fraction of sp³-hybridized carbons (Fsp3) is 0.533. The fourth-order valence-corrected chi connectivity index (χ4v) is 2.90. The molecule has 2 aromatic rings. The predicted octanol–water partition coefficient (Wildman–Crippen LogP) is 3.03. The van der Waals surface area contributed by atoms with Gasteiger partial charge in [0.05, 0.1) is 11.8 Å². The summed E-state index contributed by atoms with van der Waals surface area (Å²) in [4.78, 5) is 8.30. The lowest BCUT2D eigenvalue weighted by Crippen LogP contribution is -2.29. The van der Waals surface area contributed by atoms with Crippen LogP contribution in [0.25, 0.3) is 11.5 Å². The van der Waals surface area contributed by atoms with Crippen LogP contribution in [0, 0.1) is 0 Å². The monoisotopic (exact) mass is 289 g/mol. The second-order valence-electron chi connectivity index (χ2n) is 5.43. The zero-order valence-electron chi connectivity index (χ0n) is 12.1. The summed E-state index contributed by atoms with van der Waals surface area (Å²) in [5.74, 6) is 0.892. The first-order valence-electron chi connectivity index (χ1n) is 7.28. The minimum Gasteiger partial charge on any atom is -0.505 e. The summed E-state index contributed by atoms with van der Waals surface area (Å²) in [5.41, 5.74) is 0.0181. The van der Waals surface area contributed by atoms with Crippen LogP contribution < -0.4 is 0 Å². The topological polar surface area (TPSA) is 81.3 Å². The molecule has 0 radical (unpaired) electrons. The van der Waals surface area contributed by atoms with Gasteiger partial charge in [0.2, 0.25) is 5.82 Å². The number of ether oxygens (including phenoxy) is 1. The van der Waals surface area contributed by atoms with E-state index < -0.39 is 5.60 Å². The number of nitrogens with zero attached hydrogens (tertiary/aromatic N) is 3. The van der Waals surface area contributed by atoms with Crippen molar-refractivity contribution in [3.05, 3.63) is 24.3 Å². The average molecular weight is 289 g/mol. The molecule has 1 saturated carbocycles. The van der Waals surface area contributed by atoms with Crippen molar-refractivity contribution >= 4 is 0 Å². The zero-order valence-corrected chi connectivity index (χ0v) is 12.1. The molecule has 2 aromatic heterocycles. The van der Waals surface area contributed by atoms with Gasteiger partial charge in [-0.15, -0.1) is 0 Å². The van der Waals surface area contributed by atoms with Crippen LogP contribution in [0.2, 0.25) is 0 Å². The molecule has 0 saturated heterocycles. The van der Waals surface area contributed by atoms with Gasteiger partial charge in [0.25, 0.3) is 5.89 Å². The molecule has 0 aromatic carbocycles. The third kappa shape index (κ3) is 2.63. The second kappa shape index (κ2) is 5.81. The molecule has 0 spiro atoms. The molecule has 1 aliphatic rings. The lowest BCUT2D eigenvalue weighted by molar-refractivity contribution is -0.0365. The second-order valence-corrected chi connectivity index (χ2v) is 5.43. The first kappa shape index (κ1) is 14.0. The summed E-state index contributed by atoms with van der Waals surface area (Å²) in [6.45, 7) is 0. The van der Waals surface area contributed by atoms with Crippen LogP contribution in [-0.4, -0.2) is 27.3 Å². The molecule has 0 aliphatic heterocycles. The van der Waals surface area contributed by atoms with Crippen molar-refractivity contribution < 1.29 is 14.4 Å². The maximum absolute atomic E-state index is 9.83. The maximum Gasteiger partial charge on any atom is 0.261 e. The van der Waals surface area contributed by atoms with E-state index >= 15 is 0 Å². The number of methoxy groups -OCH3 is 1. The molecule has 0 bridgehead atoms. The van der Waals surface area contributed by atoms with E-state index in [0.29, 0.717) is 17.3 Å². The minimum atomic E-state index is -0.471. The van der Waals surface area contributed by atoms with Crippen molar-refractivity contribution in [2.45, 2.75) is 44.1 Å². The minimum absolute atomic E-state index is 0.0278. The summed E-state index contributed by atoms with van der Waals surface area (Å²) < 4.78 is 11.1. The Labute approximate surface area is 123 Å². The highest BCUT2D eigenvalue weighted by Gasteiger charge is 2.37. The lowest BCUT2D eigenvalue weighted by Gasteiger charge is -2.27. The number of aromatic nitrogens is 3. The molecule has 0 amide bonds. The van der Waals surface area contributed by atoms with Crippen molar-refractivity contribution in [3.63, 3.8) is 0 Å². The lowest BCUT2D eigenvalue weighted by atomic mass is 9.93. The molecule has 0 atom stereocenters. The summed E-state index contributed by atoms with van der Waals surface area (Å²) in [6, 6.07) is 1.65. The molecule has 6 nitrogen and oxygen atoms in total. The molecule has 112 valence electrons. The molecule has 21 heavy (non-hydrogen) atoms. The van der Waals surface area contributed by atoms with Crippen LogP contribution in [0.4, 0.5) is 0 Å². The summed E-state index contributed by atoms with van der Waals surface area (Å²) in [6.07, 6.45) is 9.33. The van der Waals surface area contributed by atoms with E-state index in [-0.39, 0.29) is 5.75 Å². The van der Waals surface area contributed by atoms with Gasteiger partial charge in [-0.05, 0) is 18.9 Å². The smallest absolute Gasteiger partial charge is 0.261 e. The Morgan fingerprint density at radius 1 is 1.24 bits per heavy atom. The maximum atomic E-state index is 9.83. The summed E-state index contributed by atoms with van der Waals surface area (Å²) in [7, 11) is 1.70. The molecule has 1 N–H and O–H groups in total. The van der Waals surface area contributed by atoms with Gasteiger partial charge in [-0.3, -0.25) is 4.98 Å². The van der Waals surface area contributed by atoms with Gasteiger partial charge in [0.15, 0.2) is 0 Å². The van der Waals surface area contributed by atoms with Gasteiger partial charge in [-0.2, -0.15) is 4.98 Å².